The third-order valence-corrected chi connectivity index (χ3v) is 3.28. The lowest BCUT2D eigenvalue weighted by molar-refractivity contribution is 0.204. The minimum atomic E-state index is 0. The normalized spacial score (nSPS) is 18.4. The lowest BCUT2D eigenvalue weighted by atomic mass is 10.1. The lowest BCUT2D eigenvalue weighted by Gasteiger charge is -2.16. The molecule has 0 radical (unpaired) electrons. The van der Waals surface area contributed by atoms with Crippen molar-refractivity contribution in [1.29, 1.82) is 0 Å². The van der Waals surface area contributed by atoms with E-state index in [1.807, 2.05) is 18.5 Å². The summed E-state index contributed by atoms with van der Waals surface area (Å²) in [6.07, 6.45) is 4.99. The summed E-state index contributed by atoms with van der Waals surface area (Å²) in [6.45, 7) is 3.95. The Morgan fingerprint density at radius 3 is 3.11 bits per heavy atom. The Hall–Kier alpha value is -1.32. The number of halogens is 1. The van der Waals surface area contributed by atoms with Gasteiger partial charge in [0.05, 0.1) is 0 Å². The van der Waals surface area contributed by atoms with Crippen LogP contribution in [0, 0.1) is 0 Å². The first kappa shape index (κ1) is 13.1. The van der Waals surface area contributed by atoms with Crippen molar-refractivity contribution in [2.24, 2.45) is 0 Å². The van der Waals surface area contributed by atoms with Crippen LogP contribution in [0.3, 0.4) is 0 Å². The highest BCUT2D eigenvalue weighted by Crippen LogP contribution is 2.31. The van der Waals surface area contributed by atoms with Crippen LogP contribution in [0.4, 0.5) is 0 Å². The van der Waals surface area contributed by atoms with E-state index in [0.29, 0.717) is 0 Å². The van der Waals surface area contributed by atoms with Gasteiger partial charge in [0.2, 0.25) is 0 Å². The Bertz CT molecular complexity index is 544. The van der Waals surface area contributed by atoms with Crippen LogP contribution in [-0.4, -0.2) is 17.6 Å². The molecule has 1 aromatic carbocycles. The van der Waals surface area contributed by atoms with Gasteiger partial charge in [0.25, 0.3) is 0 Å². The standard InChI is InChI=1S/C14H16N2O.ClH/c1-2-12-9-16-8-11-4-3-10-7-15-6-5-13(10)14(11)17-12;/h3-7,12,16H,2,8-9H2,1H3;1H/t12-;/m1./s1. The number of hydrogen-bond donors (Lipinski definition) is 1. The highest BCUT2D eigenvalue weighted by molar-refractivity contribution is 5.88. The smallest absolute Gasteiger partial charge is 0.132 e. The second-order valence-corrected chi connectivity index (χ2v) is 4.43. The molecule has 0 unspecified atom stereocenters. The minimum Gasteiger partial charge on any atom is -0.488 e. The summed E-state index contributed by atoms with van der Waals surface area (Å²) < 4.78 is 6.13. The summed E-state index contributed by atoms with van der Waals surface area (Å²) in [5.74, 6) is 1.03. The quantitative estimate of drug-likeness (QED) is 0.860. The zero-order chi connectivity index (χ0) is 11.7. The maximum atomic E-state index is 6.13. The van der Waals surface area contributed by atoms with Crippen molar-refractivity contribution in [3.8, 4) is 5.75 Å². The van der Waals surface area contributed by atoms with Gasteiger partial charge in [-0.1, -0.05) is 19.1 Å². The van der Waals surface area contributed by atoms with Crippen LogP contribution in [0.15, 0.2) is 30.6 Å². The third-order valence-electron chi connectivity index (χ3n) is 3.28. The van der Waals surface area contributed by atoms with Crippen molar-refractivity contribution >= 4 is 23.2 Å². The molecule has 0 saturated carbocycles. The molecular formula is C14H17ClN2O. The molecule has 1 atom stereocenters. The van der Waals surface area contributed by atoms with Crippen molar-refractivity contribution in [3.05, 3.63) is 36.2 Å². The molecule has 18 heavy (non-hydrogen) atoms. The summed E-state index contributed by atoms with van der Waals surface area (Å²) >= 11 is 0. The fourth-order valence-corrected chi connectivity index (χ4v) is 2.27. The molecule has 1 aromatic heterocycles. The van der Waals surface area contributed by atoms with Gasteiger partial charge in [0, 0.05) is 41.8 Å². The highest BCUT2D eigenvalue weighted by atomic mass is 35.5. The maximum Gasteiger partial charge on any atom is 0.132 e. The molecule has 0 aliphatic carbocycles. The topological polar surface area (TPSA) is 34.2 Å². The number of nitrogens with one attached hydrogen (secondary N) is 1. The highest BCUT2D eigenvalue weighted by Gasteiger charge is 2.17. The van der Waals surface area contributed by atoms with Gasteiger partial charge in [-0.3, -0.25) is 4.98 Å². The predicted octanol–water partition coefficient (Wildman–Crippen LogP) is 2.92. The monoisotopic (exact) mass is 264 g/mol. The number of hydrogen-bond acceptors (Lipinski definition) is 3. The predicted molar refractivity (Wildman–Crippen MR) is 75.4 cm³/mol. The van der Waals surface area contributed by atoms with E-state index < -0.39 is 0 Å². The molecule has 1 aliphatic rings. The Morgan fingerprint density at radius 1 is 1.39 bits per heavy atom. The Morgan fingerprint density at radius 2 is 2.28 bits per heavy atom. The van der Waals surface area contributed by atoms with Crippen molar-refractivity contribution in [2.75, 3.05) is 6.54 Å². The van der Waals surface area contributed by atoms with E-state index in [1.54, 1.807) is 0 Å². The maximum absolute atomic E-state index is 6.13. The van der Waals surface area contributed by atoms with Crippen LogP contribution < -0.4 is 10.1 Å². The second kappa shape index (κ2) is 5.55. The molecule has 0 fully saturated rings. The fourth-order valence-electron chi connectivity index (χ4n) is 2.27. The van der Waals surface area contributed by atoms with Crippen molar-refractivity contribution in [3.63, 3.8) is 0 Å². The van der Waals surface area contributed by atoms with Crippen molar-refractivity contribution in [1.82, 2.24) is 10.3 Å². The number of nitrogens with zero attached hydrogens (tertiary/aromatic N) is 1. The number of ether oxygens (including phenoxy) is 1. The Kier molecular flexibility index (Phi) is 4.04. The van der Waals surface area contributed by atoms with Gasteiger partial charge < -0.3 is 10.1 Å². The molecule has 4 heteroatoms. The number of pyridine rings is 1. The van der Waals surface area contributed by atoms with E-state index in [1.165, 1.54) is 10.9 Å². The van der Waals surface area contributed by atoms with Crippen molar-refractivity contribution in [2.45, 2.75) is 26.0 Å². The van der Waals surface area contributed by atoms with E-state index in [9.17, 15) is 0 Å². The van der Waals surface area contributed by atoms with E-state index in [0.717, 1.165) is 30.6 Å². The van der Waals surface area contributed by atoms with Gasteiger partial charge in [-0.25, -0.2) is 0 Å². The van der Waals surface area contributed by atoms with Crippen molar-refractivity contribution < 1.29 is 4.74 Å². The van der Waals surface area contributed by atoms with Gasteiger partial charge >= 0.3 is 0 Å². The van der Waals surface area contributed by atoms with E-state index in [-0.39, 0.29) is 18.5 Å². The molecule has 0 saturated heterocycles. The third kappa shape index (κ3) is 2.28. The second-order valence-electron chi connectivity index (χ2n) is 4.43. The average Bonchev–Trinajstić information content (AvgIpc) is 2.60. The first-order chi connectivity index (χ1) is 8.38. The van der Waals surface area contributed by atoms with Crippen LogP contribution in [0.2, 0.25) is 0 Å². The molecule has 3 rings (SSSR count). The molecule has 1 aliphatic heterocycles. The van der Waals surface area contributed by atoms with Crippen LogP contribution >= 0.6 is 12.4 Å². The van der Waals surface area contributed by atoms with E-state index >= 15 is 0 Å². The van der Waals surface area contributed by atoms with Gasteiger partial charge in [-0.15, -0.1) is 12.4 Å². The summed E-state index contributed by atoms with van der Waals surface area (Å²) in [6, 6.07) is 6.27. The summed E-state index contributed by atoms with van der Waals surface area (Å²) in [4.78, 5) is 4.15. The molecule has 2 heterocycles. The number of fused-ring (bicyclic) bond motifs is 3. The number of aromatic nitrogens is 1. The molecule has 3 nitrogen and oxygen atoms in total. The average molecular weight is 265 g/mol. The summed E-state index contributed by atoms with van der Waals surface area (Å²) in [5.41, 5.74) is 1.24. The number of rotatable bonds is 1. The van der Waals surface area contributed by atoms with Crippen LogP contribution in [-0.2, 0) is 6.54 Å². The Balaban J connectivity index is 0.00000120. The van der Waals surface area contributed by atoms with E-state index in [4.69, 9.17) is 4.74 Å². The zero-order valence-corrected chi connectivity index (χ0v) is 11.2. The first-order valence-electron chi connectivity index (χ1n) is 6.11. The zero-order valence-electron chi connectivity index (χ0n) is 10.3. The molecule has 96 valence electrons. The van der Waals surface area contributed by atoms with Gasteiger partial charge in [0.1, 0.15) is 11.9 Å². The lowest BCUT2D eigenvalue weighted by Crippen LogP contribution is -2.27. The van der Waals surface area contributed by atoms with Crippen LogP contribution in [0.1, 0.15) is 18.9 Å². The minimum absolute atomic E-state index is 0. The molecule has 0 bridgehead atoms. The van der Waals surface area contributed by atoms with Gasteiger partial charge in [0.15, 0.2) is 0 Å². The molecule has 0 spiro atoms. The summed E-state index contributed by atoms with van der Waals surface area (Å²) in [7, 11) is 0. The largest absolute Gasteiger partial charge is 0.488 e. The first-order valence-corrected chi connectivity index (χ1v) is 6.11. The fraction of sp³-hybridized carbons (Fsp3) is 0.357. The Labute approximate surface area is 113 Å². The van der Waals surface area contributed by atoms with Gasteiger partial charge in [-0.2, -0.15) is 0 Å². The van der Waals surface area contributed by atoms with Gasteiger partial charge in [-0.05, 0) is 12.5 Å². The molecule has 0 amide bonds. The van der Waals surface area contributed by atoms with Crippen LogP contribution in [0.25, 0.3) is 10.8 Å². The molecule has 1 N–H and O–H groups in total. The van der Waals surface area contributed by atoms with Crippen LogP contribution in [0.5, 0.6) is 5.75 Å². The summed E-state index contributed by atoms with van der Waals surface area (Å²) in [5, 5.41) is 5.74. The SMILES string of the molecule is CC[C@@H]1CNCc2ccc3cnccc3c2O1.Cl. The molecular weight excluding hydrogens is 248 g/mol. The number of benzene rings is 1. The van der Waals surface area contributed by atoms with E-state index in [2.05, 4.69) is 29.4 Å². The molecule has 2 aromatic rings.